The predicted octanol–water partition coefficient (Wildman–Crippen LogP) is 2.92. The first kappa shape index (κ1) is 15.1. The standard InChI is InChI=1S/C14H13F3N2O2/c1-19-12(11(8-18-19)13(20)21)7-4-9-2-5-10(6-3-9)14(15,16)17/h2-3,5-6,8H,4,7H2,1H3,(H,20,21). The normalized spacial score (nSPS) is 11.6. The maximum Gasteiger partial charge on any atom is 0.416 e. The van der Waals surface area contributed by atoms with Gasteiger partial charge in [0.2, 0.25) is 0 Å². The molecular formula is C14H13F3N2O2. The van der Waals surface area contributed by atoms with Gasteiger partial charge in [0.25, 0.3) is 0 Å². The van der Waals surface area contributed by atoms with Gasteiger partial charge in [-0.3, -0.25) is 4.68 Å². The quantitative estimate of drug-likeness (QED) is 0.944. The van der Waals surface area contributed by atoms with E-state index in [0.29, 0.717) is 24.1 Å². The summed E-state index contributed by atoms with van der Waals surface area (Å²) in [7, 11) is 1.63. The van der Waals surface area contributed by atoms with Crippen LogP contribution in [0.25, 0.3) is 0 Å². The van der Waals surface area contributed by atoms with Gasteiger partial charge in [0, 0.05) is 7.05 Å². The second kappa shape index (κ2) is 5.59. The molecule has 0 unspecified atom stereocenters. The van der Waals surface area contributed by atoms with Gasteiger partial charge < -0.3 is 5.11 Å². The number of aromatic carboxylic acids is 1. The monoisotopic (exact) mass is 298 g/mol. The van der Waals surface area contributed by atoms with E-state index in [4.69, 9.17) is 5.11 Å². The Morgan fingerprint density at radius 1 is 1.24 bits per heavy atom. The Morgan fingerprint density at radius 3 is 2.38 bits per heavy atom. The van der Waals surface area contributed by atoms with Crippen LogP contribution in [0.1, 0.15) is 27.2 Å². The lowest BCUT2D eigenvalue weighted by atomic mass is 10.0. The molecule has 0 saturated carbocycles. The van der Waals surface area contributed by atoms with Crippen molar-refractivity contribution in [1.82, 2.24) is 9.78 Å². The first-order valence-electron chi connectivity index (χ1n) is 6.19. The van der Waals surface area contributed by atoms with E-state index in [2.05, 4.69) is 5.10 Å². The van der Waals surface area contributed by atoms with Crippen LogP contribution < -0.4 is 0 Å². The van der Waals surface area contributed by atoms with Crippen molar-refractivity contribution < 1.29 is 23.1 Å². The first-order valence-corrected chi connectivity index (χ1v) is 6.19. The van der Waals surface area contributed by atoms with E-state index in [9.17, 15) is 18.0 Å². The zero-order valence-corrected chi connectivity index (χ0v) is 11.2. The first-order chi connectivity index (χ1) is 9.79. The average molecular weight is 298 g/mol. The number of alkyl halides is 3. The summed E-state index contributed by atoms with van der Waals surface area (Å²) in [6.07, 6.45) is -2.25. The van der Waals surface area contributed by atoms with Crippen molar-refractivity contribution in [3.8, 4) is 0 Å². The van der Waals surface area contributed by atoms with Gasteiger partial charge in [0.1, 0.15) is 5.56 Å². The van der Waals surface area contributed by atoms with Gasteiger partial charge in [-0.05, 0) is 30.5 Å². The molecule has 0 atom stereocenters. The van der Waals surface area contributed by atoms with Crippen LogP contribution in [0.2, 0.25) is 0 Å². The van der Waals surface area contributed by atoms with E-state index in [1.165, 1.54) is 23.0 Å². The van der Waals surface area contributed by atoms with Crippen molar-refractivity contribution in [3.05, 3.63) is 52.8 Å². The molecule has 21 heavy (non-hydrogen) atoms. The minimum Gasteiger partial charge on any atom is -0.478 e. The molecule has 1 aromatic carbocycles. The van der Waals surface area contributed by atoms with Crippen molar-refractivity contribution in [3.63, 3.8) is 0 Å². The average Bonchev–Trinajstić information content (AvgIpc) is 2.77. The molecule has 0 spiro atoms. The number of carboxylic acids is 1. The highest BCUT2D eigenvalue weighted by atomic mass is 19.4. The number of hydrogen-bond acceptors (Lipinski definition) is 2. The lowest BCUT2D eigenvalue weighted by Crippen LogP contribution is -2.07. The summed E-state index contributed by atoms with van der Waals surface area (Å²) in [5.41, 5.74) is 0.672. The number of rotatable bonds is 4. The summed E-state index contributed by atoms with van der Waals surface area (Å²) in [4.78, 5) is 11.0. The van der Waals surface area contributed by atoms with Crippen molar-refractivity contribution >= 4 is 5.97 Å². The highest BCUT2D eigenvalue weighted by Crippen LogP contribution is 2.29. The Balaban J connectivity index is 2.10. The van der Waals surface area contributed by atoms with E-state index in [1.54, 1.807) is 7.05 Å². The van der Waals surface area contributed by atoms with Crippen LogP contribution in [0.3, 0.4) is 0 Å². The van der Waals surface area contributed by atoms with Crippen molar-refractivity contribution in [2.24, 2.45) is 7.05 Å². The fourth-order valence-corrected chi connectivity index (χ4v) is 2.06. The van der Waals surface area contributed by atoms with Crippen LogP contribution in [0.15, 0.2) is 30.5 Å². The molecule has 2 rings (SSSR count). The smallest absolute Gasteiger partial charge is 0.416 e. The Kier molecular flexibility index (Phi) is 4.02. The Morgan fingerprint density at radius 2 is 1.86 bits per heavy atom. The van der Waals surface area contributed by atoms with Gasteiger partial charge >= 0.3 is 12.1 Å². The molecule has 1 aromatic heterocycles. The number of halogens is 3. The summed E-state index contributed by atoms with van der Waals surface area (Å²) in [5, 5.41) is 12.9. The molecule has 0 amide bonds. The predicted molar refractivity (Wildman–Crippen MR) is 69.0 cm³/mol. The molecule has 0 aliphatic rings. The molecule has 0 bridgehead atoms. The Labute approximate surface area is 118 Å². The second-order valence-corrected chi connectivity index (χ2v) is 4.63. The van der Waals surface area contributed by atoms with E-state index in [1.807, 2.05) is 0 Å². The van der Waals surface area contributed by atoms with Crippen LogP contribution >= 0.6 is 0 Å². The Bertz CT molecular complexity index is 645. The summed E-state index contributed by atoms with van der Waals surface area (Å²) < 4.78 is 38.8. The number of aromatic nitrogens is 2. The maximum atomic E-state index is 12.4. The highest BCUT2D eigenvalue weighted by Gasteiger charge is 2.29. The van der Waals surface area contributed by atoms with Gasteiger partial charge in [-0.1, -0.05) is 12.1 Å². The third kappa shape index (κ3) is 3.42. The molecule has 0 aliphatic heterocycles. The number of nitrogens with zero attached hydrogens (tertiary/aromatic N) is 2. The van der Waals surface area contributed by atoms with Crippen molar-refractivity contribution in [2.45, 2.75) is 19.0 Å². The van der Waals surface area contributed by atoms with Crippen molar-refractivity contribution in [1.29, 1.82) is 0 Å². The molecule has 0 saturated heterocycles. The zero-order valence-electron chi connectivity index (χ0n) is 11.2. The fourth-order valence-electron chi connectivity index (χ4n) is 2.06. The van der Waals surface area contributed by atoms with E-state index in [-0.39, 0.29) is 5.56 Å². The summed E-state index contributed by atoms with van der Waals surface area (Å²) in [6.45, 7) is 0. The molecule has 0 radical (unpaired) electrons. The van der Waals surface area contributed by atoms with Crippen molar-refractivity contribution in [2.75, 3.05) is 0 Å². The van der Waals surface area contributed by atoms with E-state index < -0.39 is 17.7 Å². The number of carbonyl (C=O) groups is 1. The van der Waals surface area contributed by atoms with Crippen LogP contribution in [0.5, 0.6) is 0 Å². The molecule has 0 fully saturated rings. The molecular weight excluding hydrogens is 285 g/mol. The van der Waals surface area contributed by atoms with Gasteiger partial charge in [-0.15, -0.1) is 0 Å². The number of benzene rings is 1. The largest absolute Gasteiger partial charge is 0.478 e. The second-order valence-electron chi connectivity index (χ2n) is 4.63. The Hall–Kier alpha value is -2.31. The third-order valence-electron chi connectivity index (χ3n) is 3.22. The maximum absolute atomic E-state index is 12.4. The van der Waals surface area contributed by atoms with E-state index in [0.717, 1.165) is 12.1 Å². The molecule has 112 valence electrons. The molecule has 1 heterocycles. The SMILES string of the molecule is Cn1ncc(C(=O)O)c1CCc1ccc(C(F)(F)F)cc1. The molecule has 4 nitrogen and oxygen atoms in total. The van der Waals surface area contributed by atoms with Crippen LogP contribution in [0.4, 0.5) is 13.2 Å². The molecule has 1 N–H and O–H groups in total. The van der Waals surface area contributed by atoms with Crippen LogP contribution in [-0.2, 0) is 26.1 Å². The zero-order chi connectivity index (χ0) is 15.6. The van der Waals surface area contributed by atoms with Crippen LogP contribution in [0, 0.1) is 0 Å². The number of aryl methyl sites for hydroxylation is 2. The van der Waals surface area contributed by atoms with E-state index >= 15 is 0 Å². The molecule has 0 aliphatic carbocycles. The van der Waals surface area contributed by atoms with Crippen LogP contribution in [-0.4, -0.2) is 20.9 Å². The molecule has 7 heteroatoms. The molecule has 2 aromatic rings. The summed E-state index contributed by atoms with van der Waals surface area (Å²) in [5.74, 6) is -1.06. The lowest BCUT2D eigenvalue weighted by molar-refractivity contribution is -0.137. The fraction of sp³-hybridized carbons (Fsp3) is 0.286. The van der Waals surface area contributed by atoms with Gasteiger partial charge in [0.05, 0.1) is 17.5 Å². The summed E-state index contributed by atoms with van der Waals surface area (Å²) in [6, 6.07) is 4.85. The number of carboxylic acid groups (broad SMARTS) is 1. The van der Waals surface area contributed by atoms with Gasteiger partial charge in [-0.25, -0.2) is 4.79 Å². The van der Waals surface area contributed by atoms with Gasteiger partial charge in [-0.2, -0.15) is 18.3 Å². The number of hydrogen-bond donors (Lipinski definition) is 1. The van der Waals surface area contributed by atoms with Gasteiger partial charge in [0.15, 0.2) is 0 Å². The highest BCUT2D eigenvalue weighted by molar-refractivity contribution is 5.88. The topological polar surface area (TPSA) is 55.1 Å². The third-order valence-corrected chi connectivity index (χ3v) is 3.22. The summed E-state index contributed by atoms with van der Waals surface area (Å²) >= 11 is 0. The minimum absolute atomic E-state index is 0.115. The lowest BCUT2D eigenvalue weighted by Gasteiger charge is -2.08. The minimum atomic E-state index is -4.35.